The molecule has 0 aliphatic carbocycles. The Kier molecular flexibility index (Phi) is 5.63. The van der Waals surface area contributed by atoms with Gasteiger partial charge in [0.1, 0.15) is 6.04 Å². The van der Waals surface area contributed by atoms with Gasteiger partial charge in [0.05, 0.1) is 7.11 Å². The molecule has 0 saturated carbocycles. The Morgan fingerprint density at radius 3 is 2.59 bits per heavy atom. The molecule has 1 heterocycles. The lowest BCUT2D eigenvalue weighted by Crippen LogP contribution is -2.42. The molecule has 1 atom stereocenters. The summed E-state index contributed by atoms with van der Waals surface area (Å²) in [5.41, 5.74) is 1.21. The fraction of sp³-hybridized carbons (Fsp3) is 0.538. The fourth-order valence-corrected chi connectivity index (χ4v) is 1.64. The van der Waals surface area contributed by atoms with Gasteiger partial charge in [-0.2, -0.15) is 0 Å². The van der Waals surface area contributed by atoms with Gasteiger partial charge in [0, 0.05) is 12.4 Å². The Morgan fingerprint density at radius 2 is 2.06 bits per heavy atom. The van der Waals surface area contributed by atoms with E-state index in [4.69, 9.17) is 4.74 Å². The van der Waals surface area contributed by atoms with Crippen LogP contribution in [0, 0.1) is 5.92 Å². The normalized spacial score (nSPS) is 12.5. The van der Waals surface area contributed by atoms with Crippen LogP contribution in [0.4, 0.5) is 0 Å². The number of esters is 1. The van der Waals surface area contributed by atoms with Crippen molar-refractivity contribution < 1.29 is 9.53 Å². The van der Waals surface area contributed by atoms with Gasteiger partial charge in [0.25, 0.3) is 0 Å². The number of hydrogen-bond donors (Lipinski definition) is 1. The number of methoxy groups -OCH3 is 1. The SMILES string of the molecule is COC(=O)C(NCCc1ccncc1)C(C)C. The zero-order chi connectivity index (χ0) is 12.7. The van der Waals surface area contributed by atoms with E-state index < -0.39 is 0 Å². The minimum Gasteiger partial charge on any atom is -0.468 e. The third-order valence-corrected chi connectivity index (χ3v) is 2.65. The average molecular weight is 236 g/mol. The zero-order valence-electron chi connectivity index (χ0n) is 10.6. The topological polar surface area (TPSA) is 51.2 Å². The van der Waals surface area contributed by atoms with Crippen molar-refractivity contribution in [3.8, 4) is 0 Å². The summed E-state index contributed by atoms with van der Waals surface area (Å²) in [6.45, 7) is 4.75. The van der Waals surface area contributed by atoms with Crippen molar-refractivity contribution in [2.24, 2.45) is 5.92 Å². The molecule has 0 radical (unpaired) electrons. The van der Waals surface area contributed by atoms with E-state index in [-0.39, 0.29) is 17.9 Å². The van der Waals surface area contributed by atoms with Gasteiger partial charge in [-0.15, -0.1) is 0 Å². The van der Waals surface area contributed by atoms with Gasteiger partial charge >= 0.3 is 5.97 Å². The van der Waals surface area contributed by atoms with E-state index in [1.165, 1.54) is 12.7 Å². The molecular weight excluding hydrogens is 216 g/mol. The van der Waals surface area contributed by atoms with Crippen LogP contribution < -0.4 is 5.32 Å². The van der Waals surface area contributed by atoms with E-state index in [0.717, 1.165) is 13.0 Å². The molecule has 0 aliphatic heterocycles. The molecule has 17 heavy (non-hydrogen) atoms. The van der Waals surface area contributed by atoms with Gasteiger partial charge in [-0.1, -0.05) is 13.8 Å². The van der Waals surface area contributed by atoms with Crippen molar-refractivity contribution in [3.63, 3.8) is 0 Å². The Bertz CT molecular complexity index is 339. The summed E-state index contributed by atoms with van der Waals surface area (Å²) in [6, 6.07) is 3.72. The number of carbonyl (C=O) groups is 1. The summed E-state index contributed by atoms with van der Waals surface area (Å²) < 4.78 is 4.76. The van der Waals surface area contributed by atoms with Gasteiger partial charge in [0.2, 0.25) is 0 Å². The van der Waals surface area contributed by atoms with Crippen LogP contribution in [0.5, 0.6) is 0 Å². The van der Waals surface area contributed by atoms with E-state index in [1.54, 1.807) is 12.4 Å². The average Bonchev–Trinajstić information content (AvgIpc) is 2.34. The number of aromatic nitrogens is 1. The second-order valence-electron chi connectivity index (χ2n) is 4.30. The Morgan fingerprint density at radius 1 is 1.41 bits per heavy atom. The highest BCUT2D eigenvalue weighted by Crippen LogP contribution is 2.04. The lowest BCUT2D eigenvalue weighted by molar-refractivity contribution is -0.144. The maximum absolute atomic E-state index is 11.5. The monoisotopic (exact) mass is 236 g/mol. The predicted molar refractivity (Wildman–Crippen MR) is 66.6 cm³/mol. The number of ether oxygens (including phenoxy) is 1. The molecule has 0 fully saturated rings. The molecule has 1 rings (SSSR count). The first-order valence-corrected chi connectivity index (χ1v) is 5.85. The van der Waals surface area contributed by atoms with Crippen LogP contribution in [0.1, 0.15) is 19.4 Å². The summed E-state index contributed by atoms with van der Waals surface area (Å²) >= 11 is 0. The molecule has 94 valence electrons. The largest absolute Gasteiger partial charge is 0.468 e. The van der Waals surface area contributed by atoms with Crippen molar-refractivity contribution in [3.05, 3.63) is 30.1 Å². The van der Waals surface area contributed by atoms with Crippen LogP contribution in [0.3, 0.4) is 0 Å². The molecule has 0 aromatic carbocycles. The van der Waals surface area contributed by atoms with E-state index >= 15 is 0 Å². The second-order valence-corrected chi connectivity index (χ2v) is 4.30. The van der Waals surface area contributed by atoms with Gasteiger partial charge in [-0.25, -0.2) is 0 Å². The minimum absolute atomic E-state index is 0.199. The Balaban J connectivity index is 2.40. The minimum atomic E-state index is -0.234. The van der Waals surface area contributed by atoms with Crippen molar-refractivity contribution in [2.75, 3.05) is 13.7 Å². The van der Waals surface area contributed by atoms with Crippen molar-refractivity contribution in [2.45, 2.75) is 26.3 Å². The van der Waals surface area contributed by atoms with Crippen molar-refractivity contribution >= 4 is 5.97 Å². The molecular formula is C13H20N2O2. The molecule has 1 unspecified atom stereocenters. The Hall–Kier alpha value is -1.42. The van der Waals surface area contributed by atoms with Gasteiger partial charge in [0.15, 0.2) is 0 Å². The summed E-state index contributed by atoms with van der Waals surface area (Å²) in [6.07, 6.45) is 4.42. The Labute approximate surface area is 102 Å². The summed E-state index contributed by atoms with van der Waals surface area (Å²) in [5.74, 6) is 0.0228. The third kappa shape index (κ3) is 4.53. The second kappa shape index (κ2) is 7.01. The molecule has 1 aromatic rings. The van der Waals surface area contributed by atoms with Crippen LogP contribution in [-0.2, 0) is 16.0 Å². The van der Waals surface area contributed by atoms with Crippen LogP contribution in [0.2, 0.25) is 0 Å². The maximum Gasteiger partial charge on any atom is 0.323 e. The number of nitrogens with zero attached hydrogens (tertiary/aromatic N) is 1. The smallest absolute Gasteiger partial charge is 0.323 e. The first-order valence-electron chi connectivity index (χ1n) is 5.85. The summed E-state index contributed by atoms with van der Waals surface area (Å²) in [7, 11) is 1.42. The van der Waals surface area contributed by atoms with Gasteiger partial charge in [-0.05, 0) is 36.6 Å². The van der Waals surface area contributed by atoms with Gasteiger partial charge in [-0.3, -0.25) is 9.78 Å². The first-order chi connectivity index (χ1) is 8.15. The van der Waals surface area contributed by atoms with Crippen molar-refractivity contribution in [1.82, 2.24) is 10.3 Å². The van der Waals surface area contributed by atoms with Gasteiger partial charge < -0.3 is 10.1 Å². The highest BCUT2D eigenvalue weighted by molar-refractivity contribution is 5.75. The quantitative estimate of drug-likeness (QED) is 0.759. The van der Waals surface area contributed by atoms with Crippen LogP contribution in [0.15, 0.2) is 24.5 Å². The highest BCUT2D eigenvalue weighted by atomic mass is 16.5. The van der Waals surface area contributed by atoms with E-state index in [1.807, 2.05) is 26.0 Å². The highest BCUT2D eigenvalue weighted by Gasteiger charge is 2.21. The van der Waals surface area contributed by atoms with E-state index in [0.29, 0.717) is 0 Å². The van der Waals surface area contributed by atoms with E-state index in [2.05, 4.69) is 10.3 Å². The molecule has 4 heteroatoms. The number of hydrogen-bond acceptors (Lipinski definition) is 4. The zero-order valence-corrected chi connectivity index (χ0v) is 10.6. The molecule has 4 nitrogen and oxygen atoms in total. The fourth-order valence-electron chi connectivity index (χ4n) is 1.64. The molecule has 0 amide bonds. The number of pyridine rings is 1. The summed E-state index contributed by atoms with van der Waals surface area (Å²) in [5, 5.41) is 3.22. The number of nitrogens with one attached hydrogen (secondary N) is 1. The third-order valence-electron chi connectivity index (χ3n) is 2.65. The van der Waals surface area contributed by atoms with Crippen LogP contribution in [0.25, 0.3) is 0 Å². The standard InChI is InChI=1S/C13H20N2O2/c1-10(2)12(13(16)17-3)15-9-6-11-4-7-14-8-5-11/h4-5,7-8,10,12,15H,6,9H2,1-3H3. The number of rotatable bonds is 6. The molecule has 0 aliphatic rings. The molecule has 1 aromatic heterocycles. The lowest BCUT2D eigenvalue weighted by Gasteiger charge is -2.19. The molecule has 0 saturated heterocycles. The lowest BCUT2D eigenvalue weighted by atomic mass is 10.0. The van der Waals surface area contributed by atoms with E-state index in [9.17, 15) is 4.79 Å². The maximum atomic E-state index is 11.5. The summed E-state index contributed by atoms with van der Waals surface area (Å²) in [4.78, 5) is 15.5. The first kappa shape index (κ1) is 13.6. The molecule has 0 spiro atoms. The predicted octanol–water partition coefficient (Wildman–Crippen LogP) is 1.41. The van der Waals surface area contributed by atoms with Crippen LogP contribution >= 0.6 is 0 Å². The molecule has 0 bridgehead atoms. The molecule has 1 N–H and O–H groups in total. The number of carbonyl (C=O) groups excluding carboxylic acids is 1. The van der Waals surface area contributed by atoms with Crippen LogP contribution in [-0.4, -0.2) is 30.6 Å². The van der Waals surface area contributed by atoms with Crippen molar-refractivity contribution in [1.29, 1.82) is 0 Å².